The molecule has 1 heterocycles. The summed E-state index contributed by atoms with van der Waals surface area (Å²) in [6.45, 7) is 13.0. The van der Waals surface area contributed by atoms with Gasteiger partial charge in [-0.3, -0.25) is 9.59 Å². The standard InChI is InChI=1S/C13H21NO2/c1-8(2)10(15)9-7-12(3,4)14-13(5,6)11(9)16/h9,14H,1,7H2,2-6H3. The summed E-state index contributed by atoms with van der Waals surface area (Å²) >= 11 is 0. The zero-order valence-corrected chi connectivity index (χ0v) is 10.8. The molecule has 1 unspecified atom stereocenters. The molecule has 0 amide bonds. The first-order valence-electron chi connectivity index (χ1n) is 5.60. The normalized spacial score (nSPS) is 27.6. The molecule has 1 fully saturated rings. The average Bonchev–Trinajstić information content (AvgIpc) is 2.08. The van der Waals surface area contributed by atoms with Gasteiger partial charge >= 0.3 is 0 Å². The number of carbonyl (C=O) groups is 2. The Morgan fingerprint density at radius 1 is 1.38 bits per heavy atom. The minimum absolute atomic E-state index is 0.0279. The van der Waals surface area contributed by atoms with Gasteiger partial charge in [0.05, 0.1) is 11.5 Å². The number of piperidine rings is 1. The van der Waals surface area contributed by atoms with Gasteiger partial charge in [0.2, 0.25) is 0 Å². The van der Waals surface area contributed by atoms with Gasteiger partial charge < -0.3 is 5.32 Å². The van der Waals surface area contributed by atoms with E-state index in [9.17, 15) is 9.59 Å². The maximum Gasteiger partial charge on any atom is 0.168 e. The predicted octanol–water partition coefficient (Wildman–Crippen LogP) is 1.87. The van der Waals surface area contributed by atoms with Crippen LogP contribution in [0.4, 0.5) is 0 Å². The third kappa shape index (κ3) is 2.40. The van der Waals surface area contributed by atoms with Crippen LogP contribution in [0.3, 0.4) is 0 Å². The van der Waals surface area contributed by atoms with Gasteiger partial charge in [0, 0.05) is 5.54 Å². The zero-order valence-electron chi connectivity index (χ0n) is 10.8. The zero-order chi connectivity index (χ0) is 12.7. The van der Waals surface area contributed by atoms with Crippen molar-refractivity contribution in [1.82, 2.24) is 5.32 Å². The molecular formula is C13H21NO2. The highest BCUT2D eigenvalue weighted by Gasteiger charge is 2.47. The lowest BCUT2D eigenvalue weighted by molar-refractivity contribution is -0.139. The maximum atomic E-state index is 12.2. The van der Waals surface area contributed by atoms with Crippen molar-refractivity contribution >= 4 is 11.6 Å². The summed E-state index contributed by atoms with van der Waals surface area (Å²) < 4.78 is 0. The number of carbonyl (C=O) groups excluding carboxylic acids is 2. The Morgan fingerprint density at radius 2 is 1.88 bits per heavy atom. The number of Topliss-reactive ketones (excluding diaryl/α,β-unsaturated/α-hetero) is 2. The van der Waals surface area contributed by atoms with E-state index in [1.165, 1.54) is 0 Å². The molecule has 1 N–H and O–H groups in total. The Bertz CT molecular complexity index is 353. The van der Waals surface area contributed by atoms with E-state index in [4.69, 9.17) is 0 Å². The van der Waals surface area contributed by atoms with Gasteiger partial charge in [-0.15, -0.1) is 0 Å². The molecule has 0 saturated carbocycles. The van der Waals surface area contributed by atoms with Crippen molar-refractivity contribution in [2.45, 2.75) is 52.1 Å². The van der Waals surface area contributed by atoms with Gasteiger partial charge in [0.25, 0.3) is 0 Å². The lowest BCUT2D eigenvalue weighted by Crippen LogP contribution is -2.64. The Labute approximate surface area is 97.3 Å². The van der Waals surface area contributed by atoms with Gasteiger partial charge in [0.1, 0.15) is 0 Å². The lowest BCUT2D eigenvalue weighted by atomic mass is 9.72. The second kappa shape index (κ2) is 3.81. The lowest BCUT2D eigenvalue weighted by Gasteiger charge is -2.44. The SMILES string of the molecule is C=C(C)C(=O)C1CC(C)(C)NC(C)(C)C1=O. The van der Waals surface area contributed by atoms with E-state index < -0.39 is 11.5 Å². The van der Waals surface area contributed by atoms with Crippen LogP contribution in [-0.2, 0) is 9.59 Å². The molecule has 0 aromatic rings. The van der Waals surface area contributed by atoms with Crippen molar-refractivity contribution in [2.75, 3.05) is 0 Å². The van der Waals surface area contributed by atoms with Crippen LogP contribution in [0.15, 0.2) is 12.2 Å². The minimum Gasteiger partial charge on any atom is -0.300 e. The number of hydrogen-bond acceptors (Lipinski definition) is 3. The molecule has 0 aromatic heterocycles. The summed E-state index contributed by atoms with van der Waals surface area (Å²) in [5.41, 5.74) is -0.378. The molecule has 90 valence electrons. The monoisotopic (exact) mass is 223 g/mol. The first-order valence-corrected chi connectivity index (χ1v) is 5.60. The molecule has 0 spiro atoms. The number of rotatable bonds is 2. The molecule has 1 aliphatic rings. The Kier molecular flexibility index (Phi) is 3.12. The quantitative estimate of drug-likeness (QED) is 0.574. The number of ketones is 2. The molecule has 1 aliphatic heterocycles. The van der Waals surface area contributed by atoms with Crippen LogP contribution >= 0.6 is 0 Å². The van der Waals surface area contributed by atoms with Gasteiger partial charge in [-0.2, -0.15) is 0 Å². The van der Waals surface area contributed by atoms with Crippen molar-refractivity contribution in [3.63, 3.8) is 0 Å². The molecule has 0 aromatic carbocycles. The highest BCUT2D eigenvalue weighted by atomic mass is 16.2. The van der Waals surface area contributed by atoms with Crippen LogP contribution in [0.25, 0.3) is 0 Å². The van der Waals surface area contributed by atoms with E-state index in [2.05, 4.69) is 11.9 Å². The molecule has 3 heteroatoms. The molecular weight excluding hydrogens is 202 g/mol. The van der Waals surface area contributed by atoms with Gasteiger partial charge in [-0.05, 0) is 46.6 Å². The smallest absolute Gasteiger partial charge is 0.168 e. The van der Waals surface area contributed by atoms with Crippen molar-refractivity contribution in [3.8, 4) is 0 Å². The van der Waals surface area contributed by atoms with Crippen LogP contribution in [0, 0.1) is 5.92 Å². The summed E-state index contributed by atoms with van der Waals surface area (Å²) in [7, 11) is 0. The van der Waals surface area contributed by atoms with Crippen LogP contribution in [-0.4, -0.2) is 22.6 Å². The fraction of sp³-hybridized carbons (Fsp3) is 0.692. The van der Waals surface area contributed by atoms with E-state index in [0.29, 0.717) is 12.0 Å². The van der Waals surface area contributed by atoms with E-state index >= 15 is 0 Å². The highest BCUT2D eigenvalue weighted by Crippen LogP contribution is 2.31. The van der Waals surface area contributed by atoms with E-state index in [-0.39, 0.29) is 17.1 Å². The fourth-order valence-electron chi connectivity index (χ4n) is 2.51. The van der Waals surface area contributed by atoms with Gasteiger partial charge in [0.15, 0.2) is 11.6 Å². The number of nitrogens with one attached hydrogen (secondary N) is 1. The predicted molar refractivity (Wildman–Crippen MR) is 64.2 cm³/mol. The molecule has 0 aliphatic carbocycles. The number of hydrogen-bond donors (Lipinski definition) is 1. The molecule has 3 nitrogen and oxygen atoms in total. The van der Waals surface area contributed by atoms with Crippen molar-refractivity contribution in [3.05, 3.63) is 12.2 Å². The summed E-state index contributed by atoms with van der Waals surface area (Å²) in [5.74, 6) is -0.684. The summed E-state index contributed by atoms with van der Waals surface area (Å²) in [5, 5.41) is 3.27. The van der Waals surface area contributed by atoms with Crippen LogP contribution in [0.1, 0.15) is 41.0 Å². The number of allylic oxidation sites excluding steroid dienone is 1. The van der Waals surface area contributed by atoms with Crippen LogP contribution in [0.2, 0.25) is 0 Å². The molecule has 0 radical (unpaired) electrons. The van der Waals surface area contributed by atoms with E-state index in [0.717, 1.165) is 0 Å². The Balaban J connectivity index is 3.06. The Morgan fingerprint density at radius 3 is 2.31 bits per heavy atom. The van der Waals surface area contributed by atoms with Crippen LogP contribution in [0.5, 0.6) is 0 Å². The second-order valence-electron chi connectivity index (χ2n) is 5.90. The van der Waals surface area contributed by atoms with Crippen molar-refractivity contribution in [1.29, 1.82) is 0 Å². The first-order chi connectivity index (χ1) is 7.07. The first kappa shape index (κ1) is 13.1. The molecule has 1 saturated heterocycles. The average molecular weight is 223 g/mol. The molecule has 1 atom stereocenters. The summed E-state index contributed by atoms with van der Waals surface area (Å²) in [6, 6.07) is 0. The van der Waals surface area contributed by atoms with E-state index in [1.807, 2.05) is 27.7 Å². The maximum absolute atomic E-state index is 12.2. The largest absolute Gasteiger partial charge is 0.300 e. The second-order valence-corrected chi connectivity index (χ2v) is 5.90. The molecule has 1 rings (SSSR count). The van der Waals surface area contributed by atoms with Gasteiger partial charge in [-0.1, -0.05) is 6.58 Å². The minimum atomic E-state index is -0.641. The summed E-state index contributed by atoms with van der Waals surface area (Å²) in [4.78, 5) is 24.1. The van der Waals surface area contributed by atoms with Crippen LogP contribution < -0.4 is 5.32 Å². The third-order valence-corrected chi connectivity index (χ3v) is 3.03. The topological polar surface area (TPSA) is 46.2 Å². The Hall–Kier alpha value is -0.960. The molecule has 0 bridgehead atoms. The molecule has 16 heavy (non-hydrogen) atoms. The highest BCUT2D eigenvalue weighted by molar-refractivity contribution is 6.12. The fourth-order valence-corrected chi connectivity index (χ4v) is 2.51. The third-order valence-electron chi connectivity index (χ3n) is 3.03. The van der Waals surface area contributed by atoms with Gasteiger partial charge in [-0.25, -0.2) is 0 Å². The van der Waals surface area contributed by atoms with Crippen molar-refractivity contribution < 1.29 is 9.59 Å². The van der Waals surface area contributed by atoms with E-state index in [1.54, 1.807) is 6.92 Å². The van der Waals surface area contributed by atoms with Crippen molar-refractivity contribution in [2.24, 2.45) is 5.92 Å². The summed E-state index contributed by atoms with van der Waals surface area (Å²) in [6.07, 6.45) is 0.543.